The molecule has 0 saturated carbocycles. The van der Waals surface area contributed by atoms with Gasteiger partial charge in [-0.1, -0.05) is 66.2 Å². The fourth-order valence-corrected chi connectivity index (χ4v) is 6.11. The number of nitrogens with zero attached hydrogens (tertiary/aromatic N) is 1. The van der Waals surface area contributed by atoms with Gasteiger partial charge >= 0.3 is 10.1 Å². The van der Waals surface area contributed by atoms with E-state index < -0.39 is 16.0 Å². The van der Waals surface area contributed by atoms with Crippen molar-refractivity contribution in [1.29, 1.82) is 0 Å². The Hall–Kier alpha value is -3.79. The molecule has 1 heterocycles. The first-order valence-electron chi connectivity index (χ1n) is 11.4. The average Bonchev–Trinajstić information content (AvgIpc) is 3.17. The van der Waals surface area contributed by atoms with Crippen molar-refractivity contribution < 1.29 is 26.9 Å². The standard InChI is InChI=1S/C28H20ClNO6S2/c1-35-24-15-19(16-25-27(31)30(28(32)37-25)17-18-9-12-21(29)13-10-18)11-14-23(24)36-38(33,34)26-8-4-6-20-5-2-3-7-22(20)26/h2-16H,17H2,1H3/b25-16-. The van der Waals surface area contributed by atoms with Gasteiger partial charge in [0.05, 0.1) is 18.6 Å². The number of benzene rings is 4. The summed E-state index contributed by atoms with van der Waals surface area (Å²) in [7, 11) is -2.79. The molecule has 4 aromatic rings. The first-order chi connectivity index (χ1) is 18.2. The Balaban J connectivity index is 1.38. The maximum atomic E-state index is 13.1. The highest BCUT2D eigenvalue weighted by atomic mass is 35.5. The lowest BCUT2D eigenvalue weighted by molar-refractivity contribution is -0.123. The number of carbonyl (C=O) groups is 2. The molecule has 7 nitrogen and oxygen atoms in total. The minimum atomic E-state index is -4.18. The minimum absolute atomic E-state index is 0.00609. The monoisotopic (exact) mass is 565 g/mol. The van der Waals surface area contributed by atoms with Gasteiger partial charge in [-0.05, 0) is 64.7 Å². The van der Waals surface area contributed by atoms with Crippen LogP contribution in [-0.2, 0) is 21.5 Å². The van der Waals surface area contributed by atoms with Gasteiger partial charge in [0.25, 0.3) is 11.1 Å². The lowest BCUT2D eigenvalue weighted by Gasteiger charge is -2.13. The van der Waals surface area contributed by atoms with Crippen molar-refractivity contribution in [2.75, 3.05) is 7.11 Å². The molecule has 0 atom stereocenters. The number of hydrogen-bond donors (Lipinski definition) is 0. The molecular formula is C28H20ClNO6S2. The smallest absolute Gasteiger partial charge is 0.339 e. The summed E-state index contributed by atoms with van der Waals surface area (Å²) in [5.74, 6) is -0.274. The normalized spacial score (nSPS) is 14.9. The molecule has 1 aliphatic rings. The summed E-state index contributed by atoms with van der Waals surface area (Å²) in [4.78, 5) is 26.9. The fourth-order valence-electron chi connectivity index (χ4n) is 3.98. The highest BCUT2D eigenvalue weighted by molar-refractivity contribution is 8.18. The summed E-state index contributed by atoms with van der Waals surface area (Å²) in [6.45, 7) is 0.126. The van der Waals surface area contributed by atoms with Crippen molar-refractivity contribution in [2.24, 2.45) is 0 Å². The Morgan fingerprint density at radius 2 is 1.66 bits per heavy atom. The summed E-state index contributed by atoms with van der Waals surface area (Å²) >= 11 is 6.74. The van der Waals surface area contributed by atoms with Crippen LogP contribution in [0, 0.1) is 0 Å². The molecule has 0 bridgehead atoms. The van der Waals surface area contributed by atoms with Crippen LogP contribution in [0.4, 0.5) is 4.79 Å². The zero-order valence-electron chi connectivity index (χ0n) is 20.0. The van der Waals surface area contributed by atoms with E-state index in [2.05, 4.69) is 0 Å². The van der Waals surface area contributed by atoms with Gasteiger partial charge in [0, 0.05) is 10.4 Å². The second-order valence-electron chi connectivity index (χ2n) is 8.32. The van der Waals surface area contributed by atoms with Crippen LogP contribution < -0.4 is 8.92 Å². The summed E-state index contributed by atoms with van der Waals surface area (Å²) in [5.41, 5.74) is 1.31. The van der Waals surface area contributed by atoms with E-state index in [-0.39, 0.29) is 33.1 Å². The van der Waals surface area contributed by atoms with Gasteiger partial charge in [0.1, 0.15) is 4.90 Å². The third-order valence-electron chi connectivity index (χ3n) is 5.83. The van der Waals surface area contributed by atoms with E-state index in [0.717, 1.165) is 27.6 Å². The molecule has 1 aliphatic heterocycles. The molecule has 0 aliphatic carbocycles. The van der Waals surface area contributed by atoms with Crippen molar-refractivity contribution in [3.05, 3.63) is 106 Å². The first kappa shape index (κ1) is 25.8. The predicted molar refractivity (Wildman–Crippen MR) is 148 cm³/mol. The van der Waals surface area contributed by atoms with E-state index in [9.17, 15) is 18.0 Å². The van der Waals surface area contributed by atoms with Crippen LogP contribution in [0.3, 0.4) is 0 Å². The van der Waals surface area contributed by atoms with E-state index in [0.29, 0.717) is 16.0 Å². The van der Waals surface area contributed by atoms with Crippen LogP contribution in [0.25, 0.3) is 16.8 Å². The Labute approximate surface area is 228 Å². The number of carbonyl (C=O) groups excluding carboxylic acids is 2. The van der Waals surface area contributed by atoms with Gasteiger partial charge in [-0.2, -0.15) is 8.42 Å². The SMILES string of the molecule is COc1cc(/C=C2\SC(=O)N(Cc3ccc(Cl)cc3)C2=O)ccc1OS(=O)(=O)c1cccc2ccccc12. The number of hydrogen-bond acceptors (Lipinski definition) is 7. The second-order valence-corrected chi connectivity index (χ2v) is 11.3. The van der Waals surface area contributed by atoms with Crippen LogP contribution in [0.2, 0.25) is 5.02 Å². The predicted octanol–water partition coefficient (Wildman–Crippen LogP) is 6.51. The first-order valence-corrected chi connectivity index (χ1v) is 14.0. The molecule has 0 N–H and O–H groups in total. The van der Waals surface area contributed by atoms with E-state index in [1.807, 2.05) is 18.2 Å². The maximum absolute atomic E-state index is 13.1. The number of amides is 2. The van der Waals surface area contributed by atoms with Crippen LogP contribution in [0.1, 0.15) is 11.1 Å². The van der Waals surface area contributed by atoms with Gasteiger partial charge in [-0.25, -0.2) is 0 Å². The van der Waals surface area contributed by atoms with Crippen LogP contribution in [0.15, 0.2) is 94.7 Å². The quantitative estimate of drug-likeness (QED) is 0.186. The molecule has 38 heavy (non-hydrogen) atoms. The molecule has 0 spiro atoms. The Morgan fingerprint density at radius 3 is 2.42 bits per heavy atom. The molecule has 1 saturated heterocycles. The highest BCUT2D eigenvalue weighted by Crippen LogP contribution is 2.36. The van der Waals surface area contributed by atoms with Crippen LogP contribution in [-0.4, -0.2) is 31.6 Å². The maximum Gasteiger partial charge on any atom is 0.339 e. The molecule has 0 radical (unpaired) electrons. The van der Waals surface area contributed by atoms with E-state index in [1.165, 1.54) is 19.2 Å². The summed E-state index contributed by atoms with van der Waals surface area (Å²) in [5, 5.41) is 1.49. The lowest BCUT2D eigenvalue weighted by Crippen LogP contribution is -2.27. The number of thioether (sulfide) groups is 1. The highest BCUT2D eigenvalue weighted by Gasteiger charge is 2.35. The minimum Gasteiger partial charge on any atom is -0.493 e. The summed E-state index contributed by atoms with van der Waals surface area (Å²) in [6.07, 6.45) is 1.55. The summed E-state index contributed by atoms with van der Waals surface area (Å²) in [6, 6.07) is 23.6. The number of ether oxygens (including phenoxy) is 1. The third-order valence-corrected chi connectivity index (χ3v) is 8.28. The zero-order chi connectivity index (χ0) is 26.9. The average molecular weight is 566 g/mol. The topological polar surface area (TPSA) is 90.0 Å². The number of imide groups is 1. The Bertz CT molecular complexity index is 1700. The second kappa shape index (κ2) is 10.5. The van der Waals surface area contributed by atoms with Gasteiger partial charge < -0.3 is 8.92 Å². The van der Waals surface area contributed by atoms with E-state index in [1.54, 1.807) is 60.7 Å². The van der Waals surface area contributed by atoms with Crippen molar-refractivity contribution in [2.45, 2.75) is 11.4 Å². The summed E-state index contributed by atoms with van der Waals surface area (Å²) < 4.78 is 37.1. The zero-order valence-corrected chi connectivity index (χ0v) is 22.3. The van der Waals surface area contributed by atoms with Crippen molar-refractivity contribution in [1.82, 2.24) is 4.90 Å². The molecule has 0 unspecified atom stereocenters. The van der Waals surface area contributed by atoms with Crippen molar-refractivity contribution in [3.63, 3.8) is 0 Å². The van der Waals surface area contributed by atoms with Crippen LogP contribution in [0.5, 0.6) is 11.5 Å². The number of fused-ring (bicyclic) bond motifs is 1. The molecule has 0 aromatic heterocycles. The molecule has 1 fully saturated rings. The molecule has 4 aromatic carbocycles. The number of rotatable bonds is 7. The molecule has 192 valence electrons. The van der Waals surface area contributed by atoms with Gasteiger partial charge in [0.2, 0.25) is 0 Å². The lowest BCUT2D eigenvalue weighted by atomic mass is 10.1. The molecule has 2 amide bonds. The molecule has 5 rings (SSSR count). The van der Waals surface area contributed by atoms with Gasteiger partial charge in [-0.3, -0.25) is 14.5 Å². The number of methoxy groups -OCH3 is 1. The molecular weight excluding hydrogens is 546 g/mol. The Morgan fingerprint density at radius 1 is 0.921 bits per heavy atom. The Kier molecular flexibility index (Phi) is 7.16. The third kappa shape index (κ3) is 5.26. The van der Waals surface area contributed by atoms with Gasteiger partial charge in [-0.15, -0.1) is 0 Å². The number of halogens is 1. The van der Waals surface area contributed by atoms with Gasteiger partial charge in [0.15, 0.2) is 11.5 Å². The fraction of sp³-hybridized carbons (Fsp3) is 0.0714. The van der Waals surface area contributed by atoms with E-state index in [4.69, 9.17) is 20.5 Å². The largest absolute Gasteiger partial charge is 0.493 e. The van der Waals surface area contributed by atoms with Crippen molar-refractivity contribution >= 4 is 61.5 Å². The van der Waals surface area contributed by atoms with Crippen LogP contribution >= 0.6 is 23.4 Å². The van der Waals surface area contributed by atoms with E-state index >= 15 is 0 Å². The molecule has 10 heteroatoms. The van der Waals surface area contributed by atoms with Crippen molar-refractivity contribution in [3.8, 4) is 11.5 Å².